The molecule has 0 aliphatic carbocycles. The van der Waals surface area contributed by atoms with E-state index in [1.54, 1.807) is 0 Å². The number of rotatable bonds is 6. The Morgan fingerprint density at radius 3 is 2.57 bits per heavy atom. The van der Waals surface area contributed by atoms with Crippen molar-refractivity contribution in [3.05, 3.63) is 35.4 Å². The highest BCUT2D eigenvalue weighted by atomic mass is 19.1. The largest absolute Gasteiger partial charge is 0.388 e. The van der Waals surface area contributed by atoms with Crippen molar-refractivity contribution in [2.24, 2.45) is 0 Å². The molecule has 0 radical (unpaired) electrons. The second-order valence-corrected chi connectivity index (χ2v) is 6.05. The molecule has 2 rings (SSSR count). The van der Waals surface area contributed by atoms with E-state index in [1.165, 1.54) is 25.0 Å². The Hall–Kier alpha value is -1.04. The van der Waals surface area contributed by atoms with Crippen LogP contribution in [0.1, 0.15) is 30.9 Å². The van der Waals surface area contributed by atoms with Gasteiger partial charge in [-0.15, -0.1) is 0 Å². The monoisotopic (exact) mass is 298 g/mol. The van der Waals surface area contributed by atoms with Crippen molar-refractivity contribution in [1.29, 1.82) is 0 Å². The van der Waals surface area contributed by atoms with Crippen LogP contribution >= 0.6 is 0 Å². The van der Waals surface area contributed by atoms with E-state index in [-0.39, 0.29) is 0 Å². The van der Waals surface area contributed by atoms with Gasteiger partial charge >= 0.3 is 0 Å². The first kappa shape index (κ1) is 16.3. The molecule has 1 aromatic rings. The number of aliphatic hydroxyl groups is 1. The van der Waals surface area contributed by atoms with Crippen LogP contribution in [0.15, 0.2) is 18.2 Å². The molecule has 5 heteroatoms. The van der Waals surface area contributed by atoms with E-state index < -0.39 is 17.7 Å². The maximum Gasteiger partial charge on any atom is 0.126 e. The van der Waals surface area contributed by atoms with Crippen molar-refractivity contribution in [3.63, 3.8) is 0 Å². The minimum Gasteiger partial charge on any atom is -0.388 e. The number of hydrogen-bond acceptors (Lipinski definition) is 3. The Morgan fingerprint density at radius 1 is 1.33 bits per heavy atom. The smallest absolute Gasteiger partial charge is 0.126 e. The molecular weight excluding hydrogens is 274 g/mol. The molecule has 1 aromatic carbocycles. The summed E-state index contributed by atoms with van der Waals surface area (Å²) in [4.78, 5) is 4.53. The highest BCUT2D eigenvalue weighted by Gasteiger charge is 2.22. The first-order chi connectivity index (χ1) is 9.95. The van der Waals surface area contributed by atoms with Crippen LogP contribution in [-0.2, 0) is 0 Å². The third-order valence-corrected chi connectivity index (χ3v) is 4.25. The van der Waals surface area contributed by atoms with Gasteiger partial charge in [-0.05, 0) is 57.6 Å². The summed E-state index contributed by atoms with van der Waals surface area (Å²) in [6.07, 6.45) is 2.08. The molecule has 2 unspecified atom stereocenters. The summed E-state index contributed by atoms with van der Waals surface area (Å²) in [5.74, 6) is -1.30. The highest BCUT2D eigenvalue weighted by Crippen LogP contribution is 2.20. The number of aliphatic hydroxyl groups excluding tert-OH is 1. The Bertz CT molecular complexity index is 449. The van der Waals surface area contributed by atoms with E-state index in [4.69, 9.17) is 0 Å². The average molecular weight is 298 g/mol. The molecule has 1 saturated heterocycles. The number of likely N-dealkylation sites (N-methyl/N-ethyl adjacent to an activating group) is 2. The van der Waals surface area contributed by atoms with Crippen LogP contribution in [0.25, 0.3) is 0 Å². The van der Waals surface area contributed by atoms with E-state index in [1.807, 2.05) is 7.05 Å². The van der Waals surface area contributed by atoms with E-state index in [0.29, 0.717) is 24.6 Å². The summed E-state index contributed by atoms with van der Waals surface area (Å²) >= 11 is 0. The molecule has 2 atom stereocenters. The number of halogens is 2. The van der Waals surface area contributed by atoms with Crippen LogP contribution in [0.3, 0.4) is 0 Å². The zero-order chi connectivity index (χ0) is 15.4. The maximum atomic E-state index is 13.1. The van der Waals surface area contributed by atoms with Crippen molar-refractivity contribution >= 4 is 0 Å². The summed E-state index contributed by atoms with van der Waals surface area (Å²) in [5.41, 5.74) is 0.305. The van der Waals surface area contributed by atoms with Crippen LogP contribution in [0.5, 0.6) is 0 Å². The molecule has 1 N–H and O–H groups in total. The second kappa shape index (κ2) is 7.29. The van der Waals surface area contributed by atoms with Crippen LogP contribution in [0, 0.1) is 11.6 Å². The van der Waals surface area contributed by atoms with Gasteiger partial charge in [-0.25, -0.2) is 8.78 Å². The Kier molecular flexibility index (Phi) is 5.67. The van der Waals surface area contributed by atoms with Crippen molar-refractivity contribution in [3.8, 4) is 0 Å². The van der Waals surface area contributed by atoms with Gasteiger partial charge in [-0.3, -0.25) is 0 Å². The zero-order valence-electron chi connectivity index (χ0n) is 12.7. The lowest BCUT2D eigenvalue weighted by atomic mass is 10.1. The van der Waals surface area contributed by atoms with Crippen LogP contribution in [0.2, 0.25) is 0 Å². The van der Waals surface area contributed by atoms with Crippen molar-refractivity contribution < 1.29 is 13.9 Å². The third kappa shape index (κ3) is 4.73. The summed E-state index contributed by atoms with van der Waals surface area (Å²) in [6, 6.07) is 3.77. The lowest BCUT2D eigenvalue weighted by molar-refractivity contribution is 0.139. The molecule has 1 aliphatic heterocycles. The minimum absolute atomic E-state index is 0.305. The zero-order valence-corrected chi connectivity index (χ0v) is 12.7. The van der Waals surface area contributed by atoms with Gasteiger partial charge in [0.1, 0.15) is 11.6 Å². The summed E-state index contributed by atoms with van der Waals surface area (Å²) in [6.45, 7) is 2.80. The van der Waals surface area contributed by atoms with Crippen molar-refractivity contribution in [1.82, 2.24) is 9.80 Å². The van der Waals surface area contributed by atoms with Crippen LogP contribution < -0.4 is 0 Å². The minimum atomic E-state index is -0.834. The molecule has 1 aliphatic rings. The van der Waals surface area contributed by atoms with Crippen molar-refractivity contribution in [2.45, 2.75) is 31.4 Å². The predicted molar refractivity (Wildman–Crippen MR) is 79.1 cm³/mol. The van der Waals surface area contributed by atoms with Gasteiger partial charge in [0.15, 0.2) is 0 Å². The molecule has 0 spiro atoms. The Balaban J connectivity index is 1.81. The first-order valence-corrected chi connectivity index (χ1v) is 7.48. The van der Waals surface area contributed by atoms with Crippen LogP contribution in [-0.4, -0.2) is 54.7 Å². The standard InChI is InChI=1S/C16H24F2N2O/c1-19(11-15-4-3-6-20(15)2)7-5-16(21)12-8-13(17)10-14(18)9-12/h8-10,15-16,21H,3-7,11H2,1-2H3. The molecule has 1 heterocycles. The molecular formula is C16H24F2N2O. The number of hydrogen-bond donors (Lipinski definition) is 1. The summed E-state index contributed by atoms with van der Waals surface area (Å²) in [7, 11) is 4.15. The molecule has 118 valence electrons. The molecule has 1 fully saturated rings. The van der Waals surface area contributed by atoms with Crippen molar-refractivity contribution in [2.75, 3.05) is 33.7 Å². The van der Waals surface area contributed by atoms with Gasteiger partial charge in [0.25, 0.3) is 0 Å². The Labute approximate surface area is 125 Å². The third-order valence-electron chi connectivity index (χ3n) is 4.25. The summed E-state index contributed by atoms with van der Waals surface area (Å²) in [5, 5.41) is 10.1. The lowest BCUT2D eigenvalue weighted by Gasteiger charge is -2.26. The van der Waals surface area contributed by atoms with Gasteiger partial charge in [0.2, 0.25) is 0 Å². The molecule has 0 saturated carbocycles. The molecule has 0 bridgehead atoms. The quantitative estimate of drug-likeness (QED) is 0.874. The van der Waals surface area contributed by atoms with Gasteiger partial charge in [-0.1, -0.05) is 0 Å². The molecule has 3 nitrogen and oxygen atoms in total. The highest BCUT2D eigenvalue weighted by molar-refractivity contribution is 5.20. The molecule has 21 heavy (non-hydrogen) atoms. The predicted octanol–water partition coefficient (Wildman–Crippen LogP) is 2.41. The van der Waals surface area contributed by atoms with E-state index in [9.17, 15) is 13.9 Å². The summed E-state index contributed by atoms with van der Waals surface area (Å²) < 4.78 is 26.3. The lowest BCUT2D eigenvalue weighted by Crippen LogP contribution is -2.37. The fourth-order valence-corrected chi connectivity index (χ4v) is 2.94. The molecule has 0 amide bonds. The fraction of sp³-hybridized carbons (Fsp3) is 0.625. The number of likely N-dealkylation sites (tertiary alicyclic amines) is 1. The topological polar surface area (TPSA) is 26.7 Å². The van der Waals surface area contributed by atoms with Gasteiger partial charge in [0, 0.05) is 25.2 Å². The first-order valence-electron chi connectivity index (χ1n) is 7.48. The van der Waals surface area contributed by atoms with E-state index >= 15 is 0 Å². The van der Waals surface area contributed by atoms with Crippen LogP contribution in [0.4, 0.5) is 8.78 Å². The SMILES string of the molecule is CN(CCC(O)c1cc(F)cc(F)c1)CC1CCCN1C. The van der Waals surface area contributed by atoms with Gasteiger partial charge < -0.3 is 14.9 Å². The normalized spacial score (nSPS) is 21.1. The van der Waals surface area contributed by atoms with Gasteiger partial charge in [-0.2, -0.15) is 0 Å². The second-order valence-electron chi connectivity index (χ2n) is 6.05. The Morgan fingerprint density at radius 2 is 2.00 bits per heavy atom. The fourth-order valence-electron chi connectivity index (χ4n) is 2.94. The maximum absolute atomic E-state index is 13.1. The van der Waals surface area contributed by atoms with Gasteiger partial charge in [0.05, 0.1) is 6.10 Å². The number of nitrogens with zero attached hydrogens (tertiary/aromatic N) is 2. The number of benzene rings is 1. The van der Waals surface area contributed by atoms with E-state index in [0.717, 1.165) is 19.2 Å². The average Bonchev–Trinajstić information content (AvgIpc) is 2.80. The van der Waals surface area contributed by atoms with E-state index in [2.05, 4.69) is 16.8 Å². The molecule has 0 aromatic heterocycles.